The minimum absolute atomic E-state index is 0.342. The molecule has 0 unspecified atom stereocenters. The zero-order chi connectivity index (χ0) is 25.9. The van der Waals surface area contributed by atoms with Crippen LogP contribution in [-0.2, 0) is 23.7 Å². The molecule has 0 radical (unpaired) electrons. The van der Waals surface area contributed by atoms with E-state index in [2.05, 4.69) is 0 Å². The maximum absolute atomic E-state index is 12.0. The van der Waals surface area contributed by atoms with Crippen LogP contribution in [0, 0.1) is 0 Å². The molecule has 1 aromatic rings. The molecule has 196 valence electrons. The van der Waals surface area contributed by atoms with E-state index >= 15 is 0 Å². The summed E-state index contributed by atoms with van der Waals surface area (Å²) in [7, 11) is 0. The summed E-state index contributed by atoms with van der Waals surface area (Å²) < 4.78 is 20.9. The number of ether oxygens (including phenoxy) is 4. The number of carbonyl (C=O) groups is 1. The topological polar surface area (TPSA) is 236 Å². The van der Waals surface area contributed by atoms with Gasteiger partial charge in [0.25, 0.3) is 0 Å². The van der Waals surface area contributed by atoms with E-state index in [1.54, 1.807) is 0 Å². The second-order valence-electron chi connectivity index (χ2n) is 8.09. The Balaban J connectivity index is 1.64. The number of rotatable bonds is 8. The van der Waals surface area contributed by atoms with E-state index in [0.717, 1.165) is 6.08 Å². The number of aliphatic hydroxyl groups is 7. The van der Waals surface area contributed by atoms with Gasteiger partial charge in [0.1, 0.15) is 55.9 Å². The lowest BCUT2D eigenvalue weighted by Crippen LogP contribution is -2.62. The molecule has 9 atom stereocenters. The van der Waals surface area contributed by atoms with Crippen molar-refractivity contribution in [2.45, 2.75) is 54.8 Å². The van der Waals surface area contributed by atoms with Crippen molar-refractivity contribution in [3.63, 3.8) is 0 Å². The lowest BCUT2D eigenvalue weighted by molar-refractivity contribution is -0.383. The van der Waals surface area contributed by atoms with Gasteiger partial charge in [-0.1, -0.05) is 6.07 Å². The van der Waals surface area contributed by atoms with E-state index in [1.165, 1.54) is 24.3 Å². The van der Waals surface area contributed by atoms with Gasteiger partial charge in [0.2, 0.25) is 5.79 Å². The Bertz CT molecular complexity index is 908. The summed E-state index contributed by atoms with van der Waals surface area (Å²) in [4.78, 5) is 12.0. The average Bonchev–Trinajstić information content (AvgIpc) is 3.09. The van der Waals surface area contributed by atoms with E-state index in [1.807, 2.05) is 0 Å². The summed E-state index contributed by atoms with van der Waals surface area (Å²) >= 11 is 0. The lowest BCUT2D eigenvalue weighted by atomic mass is 9.99. The second-order valence-corrected chi connectivity index (χ2v) is 8.09. The highest BCUT2D eigenvalue weighted by molar-refractivity contribution is 5.87. The molecule has 14 heteroatoms. The Morgan fingerprint density at radius 2 is 1.69 bits per heavy atom. The number of esters is 1. The van der Waals surface area contributed by atoms with Gasteiger partial charge in [0.05, 0.1) is 6.61 Å². The van der Waals surface area contributed by atoms with Crippen LogP contribution < -0.4 is 0 Å². The van der Waals surface area contributed by atoms with E-state index < -0.39 is 86.3 Å². The summed E-state index contributed by atoms with van der Waals surface area (Å²) in [5.74, 6) is -3.97. The summed E-state index contributed by atoms with van der Waals surface area (Å²) in [6, 6.07) is 3.83. The predicted octanol–water partition coefficient (Wildman–Crippen LogP) is -3.72. The number of aliphatic hydroxyl groups excluding tert-OH is 7. The molecule has 0 spiro atoms. The summed E-state index contributed by atoms with van der Waals surface area (Å²) in [5, 5.41) is 88.6. The lowest BCUT2D eigenvalue weighted by Gasteiger charge is -2.43. The number of phenols is 2. The molecule has 2 fully saturated rings. The van der Waals surface area contributed by atoms with Crippen LogP contribution in [0.1, 0.15) is 5.56 Å². The standard InChI is InChI=1S/C21H28O14/c22-6-12-16(28)19(31)21(8-23,34-12)35-20-18(30)17(29)15(27)13(33-20)7-32-14(26)4-2-9-1-3-10(24)11(25)5-9/h1-5,12-13,15-20,22-25,27-31H,6-8H2/b4-2+/t12-,13-,15-,16-,17+,18-,19+,20+,21+/m1/s1. The van der Waals surface area contributed by atoms with E-state index in [0.29, 0.717) is 5.56 Å². The van der Waals surface area contributed by atoms with Crippen molar-refractivity contribution in [3.05, 3.63) is 29.8 Å². The van der Waals surface area contributed by atoms with Crippen molar-refractivity contribution in [3.8, 4) is 11.5 Å². The van der Waals surface area contributed by atoms with Crippen LogP contribution in [0.25, 0.3) is 6.08 Å². The van der Waals surface area contributed by atoms with Gasteiger partial charge in [-0.05, 0) is 23.8 Å². The fraction of sp³-hybridized carbons (Fsp3) is 0.571. The number of hydrogen-bond acceptors (Lipinski definition) is 14. The van der Waals surface area contributed by atoms with Crippen LogP contribution in [0.2, 0.25) is 0 Å². The van der Waals surface area contributed by atoms with Gasteiger partial charge < -0.3 is 64.9 Å². The number of carbonyl (C=O) groups excluding carboxylic acids is 1. The first-order valence-electron chi connectivity index (χ1n) is 10.5. The zero-order valence-corrected chi connectivity index (χ0v) is 18.2. The van der Waals surface area contributed by atoms with Crippen molar-refractivity contribution in [1.29, 1.82) is 0 Å². The molecule has 2 saturated heterocycles. The highest BCUT2D eigenvalue weighted by Gasteiger charge is 2.58. The number of benzene rings is 1. The third-order valence-corrected chi connectivity index (χ3v) is 5.69. The quantitative estimate of drug-likeness (QED) is 0.0941. The van der Waals surface area contributed by atoms with Crippen molar-refractivity contribution in [2.75, 3.05) is 19.8 Å². The molecule has 3 rings (SSSR count). The second kappa shape index (κ2) is 11.1. The van der Waals surface area contributed by atoms with Crippen molar-refractivity contribution in [2.24, 2.45) is 0 Å². The first-order chi connectivity index (χ1) is 16.5. The van der Waals surface area contributed by atoms with Gasteiger partial charge in [-0.15, -0.1) is 0 Å². The fourth-order valence-corrected chi connectivity index (χ4v) is 3.64. The van der Waals surface area contributed by atoms with Crippen molar-refractivity contribution >= 4 is 12.0 Å². The van der Waals surface area contributed by atoms with Crippen LogP contribution >= 0.6 is 0 Å². The molecule has 0 aromatic heterocycles. The molecule has 14 nitrogen and oxygen atoms in total. The molecule has 35 heavy (non-hydrogen) atoms. The smallest absolute Gasteiger partial charge is 0.330 e. The van der Waals surface area contributed by atoms with Gasteiger partial charge in [-0.3, -0.25) is 0 Å². The van der Waals surface area contributed by atoms with Gasteiger partial charge in [-0.2, -0.15) is 0 Å². The Morgan fingerprint density at radius 1 is 0.971 bits per heavy atom. The van der Waals surface area contributed by atoms with E-state index in [9.17, 15) is 50.8 Å². The molecule has 2 heterocycles. The van der Waals surface area contributed by atoms with Crippen LogP contribution in [0.15, 0.2) is 24.3 Å². The molecule has 2 aliphatic heterocycles. The number of phenolic OH excluding ortho intramolecular Hbond substituents is 2. The molecule has 0 bridgehead atoms. The number of hydrogen-bond donors (Lipinski definition) is 9. The zero-order valence-electron chi connectivity index (χ0n) is 18.2. The van der Waals surface area contributed by atoms with Gasteiger partial charge in [0, 0.05) is 6.08 Å². The third-order valence-electron chi connectivity index (χ3n) is 5.69. The maximum atomic E-state index is 12.0. The maximum Gasteiger partial charge on any atom is 0.330 e. The van der Waals surface area contributed by atoms with Crippen molar-refractivity contribution < 1.29 is 69.7 Å². The minimum atomic E-state index is -2.33. The van der Waals surface area contributed by atoms with Gasteiger partial charge in [0.15, 0.2) is 17.8 Å². The SMILES string of the molecule is O=C(/C=C/c1ccc(O)c(O)c1)OC[C@H]1O[C@@H](O[C@]2(CO)O[C@H](CO)[C@@H](O)[C@@H]2O)[C@H](O)[C@@H](O)[C@@H]1O. The Hall–Kier alpha value is -2.37. The summed E-state index contributed by atoms with van der Waals surface area (Å²) in [6.07, 6.45) is -11.3. The third kappa shape index (κ3) is 5.73. The molecule has 0 saturated carbocycles. The normalized spacial score (nSPS) is 37.6. The molecule has 2 aliphatic rings. The Kier molecular flexibility index (Phi) is 8.66. The molecular formula is C21H28O14. The van der Waals surface area contributed by atoms with Crippen LogP contribution in [-0.4, -0.2) is 127 Å². The van der Waals surface area contributed by atoms with E-state index in [4.69, 9.17) is 18.9 Å². The predicted molar refractivity (Wildman–Crippen MR) is 111 cm³/mol. The summed E-state index contributed by atoms with van der Waals surface area (Å²) in [5.41, 5.74) is 0.367. The first kappa shape index (κ1) is 27.2. The molecule has 1 aromatic carbocycles. The van der Waals surface area contributed by atoms with Crippen LogP contribution in [0.5, 0.6) is 11.5 Å². The van der Waals surface area contributed by atoms with Gasteiger partial charge in [-0.25, -0.2) is 4.79 Å². The minimum Gasteiger partial charge on any atom is -0.504 e. The molecule has 0 aliphatic carbocycles. The highest BCUT2D eigenvalue weighted by atomic mass is 16.8. The van der Waals surface area contributed by atoms with Crippen LogP contribution in [0.3, 0.4) is 0 Å². The largest absolute Gasteiger partial charge is 0.504 e. The average molecular weight is 504 g/mol. The van der Waals surface area contributed by atoms with E-state index in [-0.39, 0.29) is 5.75 Å². The fourth-order valence-electron chi connectivity index (χ4n) is 3.64. The molecular weight excluding hydrogens is 476 g/mol. The molecule has 0 amide bonds. The summed E-state index contributed by atoms with van der Waals surface area (Å²) in [6.45, 7) is -2.38. The number of aromatic hydroxyl groups is 2. The molecule has 9 N–H and O–H groups in total. The monoisotopic (exact) mass is 504 g/mol. The highest BCUT2D eigenvalue weighted by Crippen LogP contribution is 2.36. The van der Waals surface area contributed by atoms with Gasteiger partial charge >= 0.3 is 5.97 Å². The Morgan fingerprint density at radius 3 is 2.29 bits per heavy atom. The van der Waals surface area contributed by atoms with Crippen LogP contribution in [0.4, 0.5) is 0 Å². The van der Waals surface area contributed by atoms with Crippen molar-refractivity contribution in [1.82, 2.24) is 0 Å². The Labute approximate surface area is 198 Å². The first-order valence-corrected chi connectivity index (χ1v) is 10.5.